The second-order valence-electron chi connectivity index (χ2n) is 10.6. The third kappa shape index (κ3) is 7.94. The first-order chi connectivity index (χ1) is 16.6. The summed E-state index contributed by atoms with van der Waals surface area (Å²) in [6.07, 6.45) is 16.2. The fraction of sp³-hybridized carbons (Fsp3) is 0.621. The summed E-state index contributed by atoms with van der Waals surface area (Å²) in [5.74, 6) is 2.04. The highest BCUT2D eigenvalue weighted by Gasteiger charge is 2.34. The van der Waals surface area contributed by atoms with Crippen LogP contribution in [0, 0.1) is 11.3 Å². The SMILES string of the molecule is CNc1ncnc(NC(C)C)c1N(C=O)CC=C(C)CCC=C(C)CCC1(C)C(C)=CCCC1C. The van der Waals surface area contributed by atoms with Gasteiger partial charge in [-0.15, -0.1) is 0 Å². The zero-order valence-electron chi connectivity index (χ0n) is 23.2. The molecule has 1 heterocycles. The largest absolute Gasteiger partial charge is 0.371 e. The predicted octanol–water partition coefficient (Wildman–Crippen LogP) is 7.14. The van der Waals surface area contributed by atoms with Crippen LogP contribution in [0.5, 0.6) is 0 Å². The Labute approximate surface area is 213 Å². The summed E-state index contributed by atoms with van der Waals surface area (Å²) >= 11 is 0. The van der Waals surface area contributed by atoms with Gasteiger partial charge in [-0.05, 0) is 84.5 Å². The molecule has 1 aliphatic carbocycles. The highest BCUT2D eigenvalue weighted by molar-refractivity contribution is 5.89. The van der Waals surface area contributed by atoms with E-state index in [0.717, 1.165) is 31.6 Å². The highest BCUT2D eigenvalue weighted by Crippen LogP contribution is 2.45. The van der Waals surface area contributed by atoms with Gasteiger partial charge in [-0.3, -0.25) is 4.79 Å². The first kappa shape index (κ1) is 28.6. The van der Waals surface area contributed by atoms with Gasteiger partial charge in [0.05, 0.1) is 0 Å². The molecule has 35 heavy (non-hydrogen) atoms. The molecule has 2 atom stereocenters. The molecule has 0 bridgehead atoms. The van der Waals surface area contributed by atoms with Crippen LogP contribution in [-0.4, -0.2) is 36.0 Å². The van der Waals surface area contributed by atoms with E-state index in [2.05, 4.69) is 73.4 Å². The Morgan fingerprint density at radius 1 is 1.20 bits per heavy atom. The van der Waals surface area contributed by atoms with Crippen LogP contribution in [0.3, 0.4) is 0 Å². The minimum atomic E-state index is 0.193. The average Bonchev–Trinajstić information content (AvgIpc) is 2.82. The summed E-state index contributed by atoms with van der Waals surface area (Å²) in [7, 11) is 1.80. The van der Waals surface area contributed by atoms with E-state index in [1.807, 2.05) is 13.8 Å². The molecule has 0 radical (unpaired) electrons. The van der Waals surface area contributed by atoms with Crippen molar-refractivity contribution >= 4 is 23.7 Å². The van der Waals surface area contributed by atoms with Gasteiger partial charge in [-0.1, -0.05) is 48.8 Å². The smallest absolute Gasteiger partial charge is 0.214 e. The van der Waals surface area contributed by atoms with Crippen molar-refractivity contribution in [2.75, 3.05) is 29.1 Å². The molecule has 1 aromatic rings. The predicted molar refractivity (Wildman–Crippen MR) is 150 cm³/mol. The summed E-state index contributed by atoms with van der Waals surface area (Å²) in [6, 6.07) is 0.193. The quantitative estimate of drug-likeness (QED) is 0.231. The van der Waals surface area contributed by atoms with Crippen LogP contribution in [0.2, 0.25) is 0 Å². The number of rotatable bonds is 13. The molecule has 0 aliphatic heterocycles. The highest BCUT2D eigenvalue weighted by atomic mass is 16.1. The Morgan fingerprint density at radius 3 is 2.51 bits per heavy atom. The van der Waals surface area contributed by atoms with Crippen molar-refractivity contribution < 1.29 is 4.79 Å². The van der Waals surface area contributed by atoms with Gasteiger partial charge in [-0.2, -0.15) is 0 Å². The van der Waals surface area contributed by atoms with Crippen molar-refractivity contribution in [3.05, 3.63) is 41.3 Å². The number of nitrogens with one attached hydrogen (secondary N) is 2. The molecule has 2 unspecified atom stereocenters. The number of carbonyl (C=O) groups excluding carboxylic acids is 1. The van der Waals surface area contributed by atoms with E-state index >= 15 is 0 Å². The van der Waals surface area contributed by atoms with Gasteiger partial charge >= 0.3 is 0 Å². The summed E-state index contributed by atoms with van der Waals surface area (Å²) in [6.45, 7) is 16.1. The molecule has 194 valence electrons. The normalized spacial score (nSPS) is 21.1. The number of carbonyl (C=O) groups is 1. The summed E-state index contributed by atoms with van der Waals surface area (Å²) < 4.78 is 0. The van der Waals surface area contributed by atoms with Crippen LogP contribution < -0.4 is 15.5 Å². The Bertz CT molecular complexity index is 933. The maximum Gasteiger partial charge on any atom is 0.214 e. The topological polar surface area (TPSA) is 70.2 Å². The van der Waals surface area contributed by atoms with Gasteiger partial charge in [0, 0.05) is 19.6 Å². The fourth-order valence-corrected chi connectivity index (χ4v) is 4.80. The van der Waals surface area contributed by atoms with Crippen LogP contribution in [0.4, 0.5) is 17.3 Å². The van der Waals surface area contributed by atoms with Crippen molar-refractivity contribution in [1.82, 2.24) is 9.97 Å². The van der Waals surface area contributed by atoms with E-state index < -0.39 is 0 Å². The third-order valence-electron chi connectivity index (χ3n) is 7.64. The van der Waals surface area contributed by atoms with Gasteiger partial charge in [0.2, 0.25) is 6.41 Å². The van der Waals surface area contributed by atoms with E-state index in [4.69, 9.17) is 0 Å². The average molecular weight is 482 g/mol. The van der Waals surface area contributed by atoms with E-state index in [1.54, 1.807) is 17.5 Å². The van der Waals surface area contributed by atoms with Crippen molar-refractivity contribution in [1.29, 1.82) is 0 Å². The molecule has 2 rings (SSSR count). The second-order valence-corrected chi connectivity index (χ2v) is 10.6. The second kappa shape index (κ2) is 13.5. The maximum absolute atomic E-state index is 12.0. The number of aromatic nitrogens is 2. The Morgan fingerprint density at radius 2 is 1.89 bits per heavy atom. The van der Waals surface area contributed by atoms with Crippen molar-refractivity contribution in [2.24, 2.45) is 11.3 Å². The van der Waals surface area contributed by atoms with Crippen LogP contribution >= 0.6 is 0 Å². The van der Waals surface area contributed by atoms with Crippen molar-refractivity contribution in [2.45, 2.75) is 93.0 Å². The van der Waals surface area contributed by atoms with Crippen LogP contribution in [0.15, 0.2) is 41.3 Å². The minimum absolute atomic E-state index is 0.193. The molecule has 1 amide bonds. The molecule has 0 spiro atoms. The van der Waals surface area contributed by atoms with Gasteiger partial charge in [-0.25, -0.2) is 9.97 Å². The van der Waals surface area contributed by atoms with Crippen LogP contribution in [0.1, 0.15) is 87.0 Å². The molecule has 0 aromatic carbocycles. The molecule has 6 nitrogen and oxygen atoms in total. The van der Waals surface area contributed by atoms with Crippen LogP contribution in [0.25, 0.3) is 0 Å². The molecule has 1 aromatic heterocycles. The van der Waals surface area contributed by atoms with E-state index in [1.165, 1.54) is 36.7 Å². The van der Waals surface area contributed by atoms with Crippen LogP contribution in [-0.2, 0) is 4.79 Å². The molecule has 1 aliphatic rings. The summed E-state index contributed by atoms with van der Waals surface area (Å²) in [4.78, 5) is 22.3. The number of hydrogen-bond donors (Lipinski definition) is 2. The molecular weight excluding hydrogens is 434 g/mol. The Balaban J connectivity index is 1.96. The van der Waals surface area contributed by atoms with Gasteiger partial charge in [0.15, 0.2) is 11.6 Å². The van der Waals surface area contributed by atoms with Gasteiger partial charge in [0.25, 0.3) is 0 Å². The molecule has 0 fully saturated rings. The lowest BCUT2D eigenvalue weighted by atomic mass is 9.65. The van der Waals surface area contributed by atoms with E-state index in [9.17, 15) is 4.79 Å². The standard InChI is InChI=1S/C29H47N5O/c1-21(2)33-28-26(27(30-8)31-19-32-28)34(20-35)18-16-23(4)12-9-11-22(3)15-17-29(7)24(5)13-10-14-25(29)6/h11,13,16,19-21,25H,9-10,12,14-15,17-18H2,1-8H3,(H2,30,31,32,33). The molecule has 2 N–H and O–H groups in total. The maximum atomic E-state index is 12.0. The minimum Gasteiger partial charge on any atom is -0.371 e. The molecule has 0 saturated heterocycles. The fourth-order valence-electron chi connectivity index (χ4n) is 4.80. The first-order valence-electron chi connectivity index (χ1n) is 13.1. The van der Waals surface area contributed by atoms with Crippen molar-refractivity contribution in [3.8, 4) is 0 Å². The monoisotopic (exact) mass is 481 g/mol. The zero-order valence-corrected chi connectivity index (χ0v) is 23.2. The number of nitrogens with zero attached hydrogens (tertiary/aromatic N) is 3. The van der Waals surface area contributed by atoms with E-state index in [-0.39, 0.29) is 6.04 Å². The Hall–Kier alpha value is -2.63. The molecule has 0 saturated carbocycles. The lowest BCUT2D eigenvalue weighted by Crippen LogP contribution is -2.29. The van der Waals surface area contributed by atoms with E-state index in [0.29, 0.717) is 29.3 Å². The number of amides is 1. The third-order valence-corrected chi connectivity index (χ3v) is 7.64. The molecule has 6 heteroatoms. The summed E-state index contributed by atoms with van der Waals surface area (Å²) in [5, 5.41) is 6.40. The lowest BCUT2D eigenvalue weighted by Gasteiger charge is -2.40. The zero-order chi connectivity index (χ0) is 26.0. The number of allylic oxidation sites excluding steroid dienone is 5. The number of hydrogen-bond acceptors (Lipinski definition) is 5. The summed E-state index contributed by atoms with van der Waals surface area (Å²) in [5.41, 5.74) is 5.32. The van der Waals surface area contributed by atoms with Crippen molar-refractivity contribution in [3.63, 3.8) is 0 Å². The Kier molecular flexibility index (Phi) is 11.0. The van der Waals surface area contributed by atoms with Gasteiger partial charge in [0.1, 0.15) is 12.0 Å². The first-order valence-corrected chi connectivity index (χ1v) is 13.1. The van der Waals surface area contributed by atoms with Gasteiger partial charge < -0.3 is 15.5 Å². The lowest BCUT2D eigenvalue weighted by molar-refractivity contribution is -0.107. The number of anilines is 3. The molecular formula is C29H47N5O.